The Morgan fingerprint density at radius 3 is 2.80 bits per heavy atom. The van der Waals surface area contributed by atoms with Crippen LogP contribution in [0.5, 0.6) is 0 Å². The summed E-state index contributed by atoms with van der Waals surface area (Å²) in [6.45, 7) is 6.17. The first kappa shape index (κ1) is 17.5. The van der Waals surface area contributed by atoms with E-state index in [-0.39, 0.29) is 11.5 Å². The highest BCUT2D eigenvalue weighted by atomic mass is 19.1. The van der Waals surface area contributed by atoms with Crippen LogP contribution in [-0.4, -0.2) is 51.8 Å². The van der Waals surface area contributed by atoms with E-state index in [1.807, 2.05) is 4.68 Å². The molecular weight excluding hydrogens is 321 g/mol. The van der Waals surface area contributed by atoms with E-state index in [1.54, 1.807) is 31.7 Å². The predicted octanol–water partition coefficient (Wildman–Crippen LogP) is 1.87. The molecule has 0 bridgehead atoms. The fourth-order valence-electron chi connectivity index (χ4n) is 3.25. The fourth-order valence-corrected chi connectivity index (χ4v) is 3.25. The Bertz CT molecular complexity index is 675. The SMILES string of the molecule is Cc1cccc(F)c1C(=O)NCC1CCN(CCn2cncn2)CC1. The Morgan fingerprint density at radius 1 is 1.32 bits per heavy atom. The van der Waals surface area contributed by atoms with Crippen molar-refractivity contribution in [1.29, 1.82) is 0 Å². The van der Waals surface area contributed by atoms with Crippen molar-refractivity contribution in [2.75, 3.05) is 26.2 Å². The number of aryl methyl sites for hydroxylation is 1. The first-order chi connectivity index (χ1) is 12.1. The third-order valence-corrected chi connectivity index (χ3v) is 4.82. The molecule has 2 heterocycles. The van der Waals surface area contributed by atoms with E-state index in [2.05, 4.69) is 20.3 Å². The molecule has 1 aliphatic rings. The number of rotatable bonds is 6. The van der Waals surface area contributed by atoms with E-state index in [4.69, 9.17) is 0 Å². The van der Waals surface area contributed by atoms with Gasteiger partial charge in [0.25, 0.3) is 5.91 Å². The van der Waals surface area contributed by atoms with Crippen LogP contribution < -0.4 is 5.32 Å². The number of carbonyl (C=O) groups is 1. The van der Waals surface area contributed by atoms with Gasteiger partial charge in [-0.05, 0) is 50.4 Å². The normalized spacial score (nSPS) is 16.1. The second-order valence-electron chi connectivity index (χ2n) is 6.59. The minimum absolute atomic E-state index is 0.160. The molecule has 1 aromatic carbocycles. The topological polar surface area (TPSA) is 63.1 Å². The van der Waals surface area contributed by atoms with Gasteiger partial charge in [0.2, 0.25) is 0 Å². The van der Waals surface area contributed by atoms with E-state index in [0.717, 1.165) is 39.0 Å². The van der Waals surface area contributed by atoms with Crippen LogP contribution in [0.3, 0.4) is 0 Å². The summed E-state index contributed by atoms with van der Waals surface area (Å²) in [5, 5.41) is 7.01. The molecule has 1 saturated heterocycles. The van der Waals surface area contributed by atoms with E-state index >= 15 is 0 Å². The van der Waals surface area contributed by atoms with Crippen molar-refractivity contribution in [2.45, 2.75) is 26.3 Å². The zero-order valence-electron chi connectivity index (χ0n) is 14.5. The maximum atomic E-state index is 13.8. The molecule has 0 radical (unpaired) electrons. The smallest absolute Gasteiger partial charge is 0.254 e. The Balaban J connectivity index is 1.41. The van der Waals surface area contributed by atoms with Crippen molar-refractivity contribution in [3.63, 3.8) is 0 Å². The van der Waals surface area contributed by atoms with Crippen molar-refractivity contribution in [2.24, 2.45) is 5.92 Å². The lowest BCUT2D eigenvalue weighted by molar-refractivity contribution is 0.0930. The lowest BCUT2D eigenvalue weighted by Gasteiger charge is -2.31. The van der Waals surface area contributed by atoms with E-state index in [0.29, 0.717) is 18.0 Å². The molecule has 0 atom stereocenters. The van der Waals surface area contributed by atoms with Crippen molar-refractivity contribution >= 4 is 5.91 Å². The van der Waals surface area contributed by atoms with Gasteiger partial charge in [0.15, 0.2) is 0 Å². The summed E-state index contributed by atoms with van der Waals surface area (Å²) in [4.78, 5) is 18.6. The number of benzene rings is 1. The Morgan fingerprint density at radius 2 is 2.12 bits per heavy atom. The molecular formula is C18H24FN5O. The molecule has 7 heteroatoms. The summed E-state index contributed by atoms with van der Waals surface area (Å²) in [6, 6.07) is 4.71. The molecule has 6 nitrogen and oxygen atoms in total. The lowest BCUT2D eigenvalue weighted by atomic mass is 9.96. The molecule has 0 spiro atoms. The maximum Gasteiger partial charge on any atom is 0.254 e. The minimum atomic E-state index is -0.458. The average Bonchev–Trinajstić information content (AvgIpc) is 3.12. The Kier molecular flexibility index (Phi) is 5.75. The van der Waals surface area contributed by atoms with Crippen LogP contribution in [0, 0.1) is 18.7 Å². The van der Waals surface area contributed by atoms with Crippen LogP contribution >= 0.6 is 0 Å². The van der Waals surface area contributed by atoms with E-state index in [9.17, 15) is 9.18 Å². The van der Waals surface area contributed by atoms with Gasteiger partial charge in [-0.1, -0.05) is 12.1 Å². The molecule has 1 fully saturated rings. The number of carbonyl (C=O) groups excluding carboxylic acids is 1. The minimum Gasteiger partial charge on any atom is -0.352 e. The van der Waals surface area contributed by atoms with Gasteiger partial charge in [-0.2, -0.15) is 5.10 Å². The van der Waals surface area contributed by atoms with Crippen LogP contribution in [0.15, 0.2) is 30.9 Å². The van der Waals surface area contributed by atoms with Crippen LogP contribution in [0.1, 0.15) is 28.8 Å². The highest BCUT2D eigenvalue weighted by molar-refractivity contribution is 5.95. The van der Waals surface area contributed by atoms with Gasteiger partial charge in [-0.15, -0.1) is 0 Å². The second-order valence-corrected chi connectivity index (χ2v) is 6.59. The molecule has 1 amide bonds. The summed E-state index contributed by atoms with van der Waals surface area (Å²) in [6.07, 6.45) is 5.35. The number of nitrogens with one attached hydrogen (secondary N) is 1. The molecule has 3 rings (SSSR count). The van der Waals surface area contributed by atoms with Crippen molar-refractivity contribution in [3.8, 4) is 0 Å². The van der Waals surface area contributed by atoms with Gasteiger partial charge in [0, 0.05) is 13.1 Å². The van der Waals surface area contributed by atoms with Gasteiger partial charge in [0.05, 0.1) is 12.1 Å². The van der Waals surface area contributed by atoms with Crippen LogP contribution in [0.25, 0.3) is 0 Å². The average molecular weight is 345 g/mol. The number of piperidine rings is 1. The third-order valence-electron chi connectivity index (χ3n) is 4.82. The molecule has 2 aromatic rings. The molecule has 0 aliphatic carbocycles. The summed E-state index contributed by atoms with van der Waals surface area (Å²) in [5.74, 6) is -0.330. The third kappa shape index (κ3) is 4.63. The quantitative estimate of drug-likeness (QED) is 0.868. The number of likely N-dealkylation sites (tertiary alicyclic amines) is 1. The maximum absolute atomic E-state index is 13.8. The van der Waals surface area contributed by atoms with E-state index < -0.39 is 5.82 Å². The zero-order valence-corrected chi connectivity index (χ0v) is 14.5. The number of hydrogen-bond acceptors (Lipinski definition) is 4. The number of aromatic nitrogens is 3. The van der Waals surface area contributed by atoms with Crippen LogP contribution in [0.4, 0.5) is 4.39 Å². The van der Waals surface area contributed by atoms with Gasteiger partial charge < -0.3 is 10.2 Å². The van der Waals surface area contributed by atoms with Gasteiger partial charge >= 0.3 is 0 Å². The molecule has 1 aliphatic heterocycles. The number of hydrogen-bond donors (Lipinski definition) is 1. The molecule has 0 saturated carbocycles. The van der Waals surface area contributed by atoms with Crippen molar-refractivity contribution in [1.82, 2.24) is 25.0 Å². The summed E-state index contributed by atoms with van der Waals surface area (Å²) in [7, 11) is 0. The number of nitrogens with zero attached hydrogens (tertiary/aromatic N) is 4. The van der Waals surface area contributed by atoms with Gasteiger partial charge in [-0.3, -0.25) is 9.48 Å². The van der Waals surface area contributed by atoms with E-state index in [1.165, 1.54) is 6.07 Å². The first-order valence-electron chi connectivity index (χ1n) is 8.71. The summed E-state index contributed by atoms with van der Waals surface area (Å²) >= 11 is 0. The highest BCUT2D eigenvalue weighted by Crippen LogP contribution is 2.17. The molecule has 0 unspecified atom stereocenters. The van der Waals surface area contributed by atoms with Crippen molar-refractivity contribution < 1.29 is 9.18 Å². The monoisotopic (exact) mass is 345 g/mol. The predicted molar refractivity (Wildman–Crippen MR) is 92.7 cm³/mol. The summed E-state index contributed by atoms with van der Waals surface area (Å²) in [5.41, 5.74) is 0.827. The zero-order chi connectivity index (χ0) is 17.6. The van der Waals surface area contributed by atoms with Gasteiger partial charge in [-0.25, -0.2) is 9.37 Å². The number of halogens is 1. The number of amides is 1. The fraction of sp³-hybridized carbons (Fsp3) is 0.500. The summed E-state index contributed by atoms with van der Waals surface area (Å²) < 4.78 is 15.7. The Hall–Kier alpha value is -2.28. The van der Waals surface area contributed by atoms with Crippen molar-refractivity contribution in [3.05, 3.63) is 47.8 Å². The standard InChI is InChI=1S/C18H24FN5O/c1-14-3-2-4-16(19)17(14)18(25)21-11-15-5-7-23(8-6-15)9-10-24-13-20-12-22-24/h2-4,12-13,15H,5-11H2,1H3,(H,21,25). The molecule has 25 heavy (non-hydrogen) atoms. The molecule has 1 N–H and O–H groups in total. The first-order valence-corrected chi connectivity index (χ1v) is 8.71. The van der Waals surface area contributed by atoms with Gasteiger partial charge in [0.1, 0.15) is 18.5 Å². The Labute approximate surface area is 147 Å². The lowest BCUT2D eigenvalue weighted by Crippen LogP contribution is -2.40. The van der Waals surface area contributed by atoms with Crippen LogP contribution in [0.2, 0.25) is 0 Å². The largest absolute Gasteiger partial charge is 0.352 e. The molecule has 1 aromatic heterocycles. The second kappa shape index (κ2) is 8.20. The molecule has 134 valence electrons. The highest BCUT2D eigenvalue weighted by Gasteiger charge is 2.21. The van der Waals surface area contributed by atoms with Crippen LogP contribution in [-0.2, 0) is 6.54 Å².